The first-order chi connectivity index (χ1) is 8.71. The van der Waals surface area contributed by atoms with E-state index in [4.69, 9.17) is 10.5 Å². The molecule has 0 radical (unpaired) electrons. The van der Waals surface area contributed by atoms with Gasteiger partial charge < -0.3 is 15.0 Å². The zero-order valence-electron chi connectivity index (χ0n) is 11.5. The summed E-state index contributed by atoms with van der Waals surface area (Å²) in [4.78, 5) is 0. The van der Waals surface area contributed by atoms with Crippen LogP contribution in [0.25, 0.3) is 0 Å². The quantitative estimate of drug-likeness (QED) is 0.864. The van der Waals surface area contributed by atoms with Crippen LogP contribution in [0.15, 0.2) is 0 Å². The Balaban J connectivity index is 2.27. The van der Waals surface area contributed by atoms with Gasteiger partial charge >= 0.3 is 0 Å². The molecule has 5 nitrogen and oxygen atoms in total. The largest absolute Gasteiger partial charge is 0.383 e. The molecular weight excluding hydrogens is 228 g/mol. The summed E-state index contributed by atoms with van der Waals surface area (Å²) >= 11 is 0. The first kappa shape index (κ1) is 13.5. The maximum Gasteiger partial charge on any atom is 0.146 e. The number of ether oxygens (including phenoxy) is 1. The molecule has 1 aromatic heterocycles. The topological polar surface area (TPSA) is 66.0 Å². The maximum atomic E-state index is 5.74. The molecule has 0 unspecified atom stereocenters. The van der Waals surface area contributed by atoms with Crippen LogP contribution >= 0.6 is 0 Å². The second kappa shape index (κ2) is 5.80. The van der Waals surface area contributed by atoms with E-state index >= 15 is 0 Å². The molecular formula is C13H24N4O. The predicted octanol–water partition coefficient (Wildman–Crippen LogP) is 1.60. The van der Waals surface area contributed by atoms with Gasteiger partial charge in [-0.25, -0.2) is 0 Å². The summed E-state index contributed by atoms with van der Waals surface area (Å²) in [5, 5.41) is 8.65. The summed E-state index contributed by atoms with van der Waals surface area (Å²) in [6, 6.07) is 0. The number of nitrogens with two attached hydrogens (primary N) is 1. The first-order valence-corrected chi connectivity index (χ1v) is 6.83. The molecule has 18 heavy (non-hydrogen) atoms. The van der Waals surface area contributed by atoms with Crippen LogP contribution in [0.1, 0.15) is 50.7 Å². The van der Waals surface area contributed by atoms with E-state index in [1.165, 1.54) is 32.1 Å². The van der Waals surface area contributed by atoms with Crippen molar-refractivity contribution in [3.05, 3.63) is 11.6 Å². The minimum atomic E-state index is 0.159. The molecule has 0 aromatic carbocycles. The average molecular weight is 252 g/mol. The second-order valence-corrected chi connectivity index (χ2v) is 5.41. The van der Waals surface area contributed by atoms with Crippen molar-refractivity contribution in [2.24, 2.45) is 5.73 Å². The lowest BCUT2D eigenvalue weighted by Crippen LogP contribution is -2.30. The van der Waals surface area contributed by atoms with E-state index < -0.39 is 0 Å². The van der Waals surface area contributed by atoms with Crippen molar-refractivity contribution >= 4 is 0 Å². The Labute approximate surface area is 109 Å². The third-order valence-corrected chi connectivity index (χ3v) is 4.03. The van der Waals surface area contributed by atoms with Crippen LogP contribution in [0, 0.1) is 0 Å². The van der Waals surface area contributed by atoms with Crippen LogP contribution in [0.2, 0.25) is 0 Å². The summed E-state index contributed by atoms with van der Waals surface area (Å²) in [5.74, 6) is 1.97. The van der Waals surface area contributed by atoms with E-state index in [9.17, 15) is 0 Å². The first-order valence-electron chi connectivity index (χ1n) is 6.83. The summed E-state index contributed by atoms with van der Waals surface area (Å²) in [6.45, 7) is 4.21. The van der Waals surface area contributed by atoms with Gasteiger partial charge in [-0.2, -0.15) is 0 Å². The number of hydrogen-bond acceptors (Lipinski definition) is 4. The molecule has 0 spiro atoms. The van der Waals surface area contributed by atoms with Gasteiger partial charge in [0, 0.05) is 19.1 Å². The van der Waals surface area contributed by atoms with Crippen molar-refractivity contribution in [3.63, 3.8) is 0 Å². The van der Waals surface area contributed by atoms with Gasteiger partial charge in [-0.1, -0.05) is 26.2 Å². The second-order valence-electron chi connectivity index (χ2n) is 5.41. The van der Waals surface area contributed by atoms with E-state index in [1.54, 1.807) is 7.11 Å². The van der Waals surface area contributed by atoms with Gasteiger partial charge in [0.05, 0.1) is 13.2 Å². The summed E-state index contributed by atoms with van der Waals surface area (Å²) < 4.78 is 7.33. The molecule has 0 saturated heterocycles. The fraction of sp³-hybridized carbons (Fsp3) is 0.846. The maximum absolute atomic E-state index is 5.74. The van der Waals surface area contributed by atoms with Gasteiger partial charge in [0.25, 0.3) is 0 Å². The normalized spacial score (nSPS) is 19.1. The fourth-order valence-corrected chi connectivity index (χ4v) is 2.91. The Bertz CT molecular complexity index is 382. The van der Waals surface area contributed by atoms with Crippen LogP contribution in [0.3, 0.4) is 0 Å². The van der Waals surface area contributed by atoms with E-state index in [0.29, 0.717) is 13.2 Å². The van der Waals surface area contributed by atoms with Crippen molar-refractivity contribution in [2.45, 2.75) is 57.5 Å². The molecule has 5 heteroatoms. The predicted molar refractivity (Wildman–Crippen MR) is 70.2 cm³/mol. The Hall–Kier alpha value is -0.940. The number of aromatic nitrogens is 3. The molecule has 1 heterocycles. The Morgan fingerprint density at radius 1 is 1.28 bits per heavy atom. The molecule has 2 N–H and O–H groups in total. The highest BCUT2D eigenvalue weighted by molar-refractivity contribution is 5.10. The van der Waals surface area contributed by atoms with Crippen LogP contribution < -0.4 is 5.73 Å². The lowest BCUT2D eigenvalue weighted by atomic mass is 9.75. The molecule has 1 aromatic rings. The lowest BCUT2D eigenvalue weighted by Gasteiger charge is -2.33. The Kier molecular flexibility index (Phi) is 4.35. The molecule has 0 amide bonds. The third-order valence-electron chi connectivity index (χ3n) is 4.03. The SMILES string of the molecule is COCCn1c(CN)nnc1C1(C)CCCCC1. The number of nitrogens with zero attached hydrogens (tertiary/aromatic N) is 3. The summed E-state index contributed by atoms with van der Waals surface area (Å²) in [5.41, 5.74) is 5.90. The van der Waals surface area contributed by atoms with E-state index in [2.05, 4.69) is 21.7 Å². The fourth-order valence-electron chi connectivity index (χ4n) is 2.91. The highest BCUT2D eigenvalue weighted by Gasteiger charge is 2.34. The van der Waals surface area contributed by atoms with Gasteiger partial charge in [-0.15, -0.1) is 10.2 Å². The van der Waals surface area contributed by atoms with Crippen molar-refractivity contribution in [2.75, 3.05) is 13.7 Å². The lowest BCUT2D eigenvalue weighted by molar-refractivity contribution is 0.181. The molecule has 1 aliphatic carbocycles. The van der Waals surface area contributed by atoms with Gasteiger partial charge in [0.15, 0.2) is 0 Å². The van der Waals surface area contributed by atoms with E-state index in [-0.39, 0.29) is 5.41 Å². The number of methoxy groups -OCH3 is 1. The molecule has 0 bridgehead atoms. The van der Waals surface area contributed by atoms with Crippen LogP contribution in [-0.4, -0.2) is 28.5 Å². The molecule has 0 aliphatic heterocycles. The summed E-state index contributed by atoms with van der Waals surface area (Å²) in [6.07, 6.45) is 6.30. The average Bonchev–Trinajstić information content (AvgIpc) is 2.80. The van der Waals surface area contributed by atoms with Crippen molar-refractivity contribution in [1.29, 1.82) is 0 Å². The zero-order chi connectivity index (χ0) is 13.0. The highest BCUT2D eigenvalue weighted by atomic mass is 16.5. The number of rotatable bonds is 5. The smallest absolute Gasteiger partial charge is 0.146 e. The van der Waals surface area contributed by atoms with Gasteiger partial charge in [0.2, 0.25) is 0 Å². The molecule has 1 fully saturated rings. The minimum absolute atomic E-state index is 0.159. The standard InChI is InChI=1S/C13H24N4O/c1-13(6-4-3-5-7-13)12-16-15-11(10-14)17(12)8-9-18-2/h3-10,14H2,1-2H3. The van der Waals surface area contributed by atoms with Gasteiger partial charge in [-0.3, -0.25) is 0 Å². The van der Waals surface area contributed by atoms with Crippen molar-refractivity contribution in [1.82, 2.24) is 14.8 Å². The van der Waals surface area contributed by atoms with Crippen molar-refractivity contribution in [3.8, 4) is 0 Å². The Morgan fingerprint density at radius 3 is 2.61 bits per heavy atom. The number of hydrogen-bond donors (Lipinski definition) is 1. The van der Waals surface area contributed by atoms with Gasteiger partial charge in [0.1, 0.15) is 11.6 Å². The summed E-state index contributed by atoms with van der Waals surface area (Å²) in [7, 11) is 1.72. The molecule has 102 valence electrons. The molecule has 0 atom stereocenters. The van der Waals surface area contributed by atoms with E-state index in [0.717, 1.165) is 18.2 Å². The van der Waals surface area contributed by atoms with Crippen LogP contribution in [0.5, 0.6) is 0 Å². The highest BCUT2D eigenvalue weighted by Crippen LogP contribution is 2.38. The van der Waals surface area contributed by atoms with E-state index in [1.807, 2.05) is 0 Å². The molecule has 1 saturated carbocycles. The monoisotopic (exact) mass is 252 g/mol. The van der Waals surface area contributed by atoms with Crippen LogP contribution in [0.4, 0.5) is 0 Å². The zero-order valence-corrected chi connectivity index (χ0v) is 11.5. The van der Waals surface area contributed by atoms with Crippen molar-refractivity contribution < 1.29 is 4.74 Å². The van der Waals surface area contributed by atoms with Gasteiger partial charge in [-0.05, 0) is 12.8 Å². The third kappa shape index (κ3) is 2.57. The Morgan fingerprint density at radius 2 is 2.00 bits per heavy atom. The minimum Gasteiger partial charge on any atom is -0.383 e. The molecule has 1 aliphatic rings. The molecule has 2 rings (SSSR count). The van der Waals surface area contributed by atoms with Crippen LogP contribution in [-0.2, 0) is 23.2 Å².